The first kappa shape index (κ1) is 23.4. The number of carbonyl (C=O) groups is 1. The lowest BCUT2D eigenvalue weighted by Crippen LogP contribution is -2.42. The van der Waals surface area contributed by atoms with Gasteiger partial charge in [0.2, 0.25) is 10.0 Å². The highest BCUT2D eigenvalue weighted by molar-refractivity contribution is 7.89. The van der Waals surface area contributed by atoms with E-state index in [0.29, 0.717) is 36.2 Å². The highest BCUT2D eigenvalue weighted by Crippen LogP contribution is 2.32. The Balaban J connectivity index is 1.83. The van der Waals surface area contributed by atoms with Gasteiger partial charge < -0.3 is 14.8 Å². The molecule has 0 bridgehead atoms. The molecule has 1 amide bonds. The number of benzene rings is 2. The number of hydrogen-bond donors (Lipinski definition) is 1. The molecule has 0 aromatic heterocycles. The van der Waals surface area contributed by atoms with Crippen LogP contribution in [0.5, 0.6) is 11.5 Å². The van der Waals surface area contributed by atoms with Crippen molar-refractivity contribution in [3.05, 3.63) is 47.5 Å². The number of nitrogens with zero attached hydrogens (tertiary/aromatic N) is 1. The van der Waals surface area contributed by atoms with Gasteiger partial charge in [-0.25, -0.2) is 8.42 Å². The molecular weight excluding hydrogens is 440 g/mol. The monoisotopic (exact) mass is 466 g/mol. The molecule has 1 fully saturated rings. The predicted octanol–water partition coefficient (Wildman–Crippen LogP) is 4.32. The molecule has 9 heteroatoms. The second-order valence-corrected chi connectivity index (χ2v) is 10.1. The minimum absolute atomic E-state index is 0.0467. The zero-order chi connectivity index (χ0) is 22.6. The number of rotatable bonds is 8. The second-order valence-electron chi connectivity index (χ2n) is 7.73. The van der Waals surface area contributed by atoms with Crippen LogP contribution in [0.2, 0.25) is 5.02 Å². The quantitative estimate of drug-likeness (QED) is 0.626. The topological polar surface area (TPSA) is 84.9 Å². The molecule has 0 radical (unpaired) electrons. The maximum absolute atomic E-state index is 13.1. The molecular formula is C22H27ClN2O5S. The summed E-state index contributed by atoms with van der Waals surface area (Å²) in [5.74, 6) is 0.341. The van der Waals surface area contributed by atoms with Crippen LogP contribution in [0.3, 0.4) is 0 Å². The Kier molecular flexibility index (Phi) is 7.13. The Labute approximate surface area is 188 Å². The van der Waals surface area contributed by atoms with Crippen molar-refractivity contribution in [2.75, 3.05) is 25.0 Å². The Morgan fingerprint density at radius 2 is 1.77 bits per heavy atom. The van der Waals surface area contributed by atoms with E-state index in [1.807, 2.05) is 0 Å². The number of anilines is 1. The first-order chi connectivity index (χ1) is 14.6. The third kappa shape index (κ3) is 5.50. The van der Waals surface area contributed by atoms with Crippen LogP contribution in [0.25, 0.3) is 0 Å². The molecule has 1 aliphatic heterocycles. The largest absolute Gasteiger partial charge is 0.492 e. The zero-order valence-corrected chi connectivity index (χ0v) is 19.4. The minimum atomic E-state index is -3.72. The van der Waals surface area contributed by atoms with Crippen LogP contribution < -0.4 is 14.8 Å². The van der Waals surface area contributed by atoms with Crippen LogP contribution >= 0.6 is 11.6 Å². The van der Waals surface area contributed by atoms with Crippen molar-refractivity contribution >= 4 is 33.2 Å². The van der Waals surface area contributed by atoms with Gasteiger partial charge in [-0.1, -0.05) is 11.6 Å². The van der Waals surface area contributed by atoms with Crippen molar-refractivity contribution in [3.63, 3.8) is 0 Å². The number of carbonyl (C=O) groups excluding carboxylic acids is 1. The molecule has 0 spiro atoms. The molecule has 1 heterocycles. The summed E-state index contributed by atoms with van der Waals surface area (Å²) in [6.45, 7) is 6.34. The molecule has 0 atom stereocenters. The van der Waals surface area contributed by atoms with Crippen molar-refractivity contribution in [1.29, 1.82) is 0 Å². The van der Waals surface area contributed by atoms with E-state index in [2.05, 4.69) is 5.32 Å². The van der Waals surface area contributed by atoms with Crippen LogP contribution in [-0.4, -0.2) is 43.9 Å². The number of ether oxygens (including phenoxy) is 2. The summed E-state index contributed by atoms with van der Waals surface area (Å²) in [7, 11) is -3.72. The van der Waals surface area contributed by atoms with Crippen molar-refractivity contribution in [3.8, 4) is 11.5 Å². The third-order valence-corrected chi connectivity index (χ3v) is 7.09. The Hall–Kier alpha value is -2.29. The van der Waals surface area contributed by atoms with Crippen molar-refractivity contribution in [2.24, 2.45) is 0 Å². The van der Waals surface area contributed by atoms with Crippen LogP contribution in [0, 0.1) is 0 Å². The minimum Gasteiger partial charge on any atom is -0.492 e. The summed E-state index contributed by atoms with van der Waals surface area (Å²) in [5, 5.41) is 3.32. The van der Waals surface area contributed by atoms with E-state index in [-0.39, 0.29) is 10.6 Å². The van der Waals surface area contributed by atoms with Crippen molar-refractivity contribution in [1.82, 2.24) is 4.31 Å². The Bertz CT molecular complexity index is 1030. The number of nitrogens with one attached hydrogen (secondary N) is 1. The van der Waals surface area contributed by atoms with E-state index in [1.54, 1.807) is 57.2 Å². The van der Waals surface area contributed by atoms with E-state index >= 15 is 0 Å². The molecule has 31 heavy (non-hydrogen) atoms. The molecule has 7 nitrogen and oxygen atoms in total. The van der Waals surface area contributed by atoms with E-state index in [9.17, 15) is 13.2 Å². The van der Waals surface area contributed by atoms with Gasteiger partial charge >= 0.3 is 0 Å². The Morgan fingerprint density at radius 1 is 1.13 bits per heavy atom. The average molecular weight is 467 g/mol. The number of halogens is 1. The summed E-state index contributed by atoms with van der Waals surface area (Å²) >= 11 is 5.89. The van der Waals surface area contributed by atoms with Crippen LogP contribution in [-0.2, 0) is 14.8 Å². The average Bonchev–Trinajstić information content (AvgIpc) is 3.26. The van der Waals surface area contributed by atoms with Gasteiger partial charge in [0, 0.05) is 23.8 Å². The predicted molar refractivity (Wildman–Crippen MR) is 120 cm³/mol. The summed E-state index contributed by atoms with van der Waals surface area (Å²) < 4.78 is 39.1. The Morgan fingerprint density at radius 3 is 2.39 bits per heavy atom. The lowest BCUT2D eigenvalue weighted by molar-refractivity contribution is -0.128. The van der Waals surface area contributed by atoms with Gasteiger partial charge in [0.25, 0.3) is 5.91 Å². The van der Waals surface area contributed by atoms with E-state index in [4.69, 9.17) is 21.1 Å². The van der Waals surface area contributed by atoms with Gasteiger partial charge in [-0.2, -0.15) is 4.31 Å². The van der Waals surface area contributed by atoms with Gasteiger partial charge in [-0.05, 0) is 76.1 Å². The third-order valence-electron chi connectivity index (χ3n) is 4.92. The standard InChI is InChI=1S/C22H27ClN2O5S/c1-4-29-19-12-9-17(15-20(19)31(27,28)25-13-5-6-14-25)24-21(26)22(2,3)30-18-10-7-16(23)8-11-18/h7-12,15H,4-6,13-14H2,1-3H3,(H,24,26). The van der Waals surface area contributed by atoms with E-state index in [1.165, 1.54) is 10.4 Å². The summed E-state index contributed by atoms with van der Waals surface area (Å²) in [6, 6.07) is 11.3. The van der Waals surface area contributed by atoms with E-state index in [0.717, 1.165) is 12.8 Å². The fraction of sp³-hybridized carbons (Fsp3) is 0.409. The first-order valence-electron chi connectivity index (χ1n) is 10.2. The molecule has 3 rings (SSSR count). The fourth-order valence-corrected chi connectivity index (χ4v) is 5.06. The highest BCUT2D eigenvalue weighted by atomic mass is 35.5. The maximum atomic E-state index is 13.1. The normalized spacial score (nSPS) is 15.0. The van der Waals surface area contributed by atoms with Gasteiger partial charge in [-0.15, -0.1) is 0 Å². The smallest absolute Gasteiger partial charge is 0.267 e. The summed E-state index contributed by atoms with van der Waals surface area (Å²) in [4.78, 5) is 12.9. The van der Waals surface area contributed by atoms with Gasteiger partial charge in [0.15, 0.2) is 5.60 Å². The SMILES string of the molecule is CCOc1ccc(NC(=O)C(C)(C)Oc2ccc(Cl)cc2)cc1S(=O)(=O)N1CCCC1. The molecule has 0 aliphatic carbocycles. The van der Waals surface area contributed by atoms with E-state index < -0.39 is 21.5 Å². The molecule has 168 valence electrons. The van der Waals surface area contributed by atoms with Crippen LogP contribution in [0.15, 0.2) is 47.4 Å². The van der Waals surface area contributed by atoms with Crippen LogP contribution in [0.4, 0.5) is 5.69 Å². The molecule has 0 saturated carbocycles. The molecule has 2 aromatic carbocycles. The molecule has 1 saturated heterocycles. The van der Waals surface area contributed by atoms with Gasteiger partial charge in [0.05, 0.1) is 6.61 Å². The van der Waals surface area contributed by atoms with Crippen molar-refractivity contribution in [2.45, 2.75) is 44.1 Å². The molecule has 0 unspecified atom stereocenters. The fourth-order valence-electron chi connectivity index (χ4n) is 3.25. The lowest BCUT2D eigenvalue weighted by Gasteiger charge is -2.26. The maximum Gasteiger partial charge on any atom is 0.267 e. The summed E-state index contributed by atoms with van der Waals surface area (Å²) in [6.07, 6.45) is 1.66. The zero-order valence-electron chi connectivity index (χ0n) is 17.9. The summed E-state index contributed by atoms with van der Waals surface area (Å²) in [5.41, 5.74) is -0.862. The number of sulfonamides is 1. The second kappa shape index (κ2) is 9.46. The molecule has 1 aliphatic rings. The molecule has 1 N–H and O–H groups in total. The van der Waals surface area contributed by atoms with Crippen LogP contribution in [0.1, 0.15) is 33.6 Å². The van der Waals surface area contributed by atoms with Gasteiger partial charge in [0.1, 0.15) is 16.4 Å². The highest BCUT2D eigenvalue weighted by Gasteiger charge is 2.33. The number of hydrogen-bond acceptors (Lipinski definition) is 5. The molecule has 2 aromatic rings. The number of amides is 1. The van der Waals surface area contributed by atoms with Crippen molar-refractivity contribution < 1.29 is 22.7 Å². The lowest BCUT2D eigenvalue weighted by atomic mass is 10.1. The van der Waals surface area contributed by atoms with Gasteiger partial charge in [-0.3, -0.25) is 4.79 Å². The first-order valence-corrected chi connectivity index (χ1v) is 12.0.